The van der Waals surface area contributed by atoms with Gasteiger partial charge in [0.25, 0.3) is 0 Å². The molecule has 0 unspecified atom stereocenters. The van der Waals surface area contributed by atoms with Crippen LogP contribution in [0.1, 0.15) is 25.2 Å². The molecule has 0 aliphatic rings. The maximum absolute atomic E-state index is 4.39. The lowest BCUT2D eigenvalue weighted by atomic mass is 10.2. The molecule has 0 bridgehead atoms. The van der Waals surface area contributed by atoms with E-state index in [2.05, 4.69) is 46.8 Å². The Morgan fingerprint density at radius 2 is 2.07 bits per heavy atom. The van der Waals surface area contributed by atoms with Crippen LogP contribution in [-0.4, -0.2) is 28.3 Å². The van der Waals surface area contributed by atoms with E-state index in [0.29, 0.717) is 5.92 Å². The van der Waals surface area contributed by atoms with Gasteiger partial charge in [-0.2, -0.15) is 5.10 Å². The van der Waals surface area contributed by atoms with E-state index in [0.717, 1.165) is 23.3 Å². The summed E-state index contributed by atoms with van der Waals surface area (Å²) in [7, 11) is 4.14. The standard InChI is InChI=1S/C11H20BrN3/c1-8(2)6-14(4)7-10-11(12)9(3)13-15(10)5/h8H,6-7H2,1-5H3. The van der Waals surface area contributed by atoms with Gasteiger partial charge in [-0.25, -0.2) is 0 Å². The van der Waals surface area contributed by atoms with Gasteiger partial charge >= 0.3 is 0 Å². The number of aryl methyl sites for hydroxylation is 2. The average Bonchev–Trinajstić information content (AvgIpc) is 2.31. The highest BCUT2D eigenvalue weighted by Crippen LogP contribution is 2.21. The van der Waals surface area contributed by atoms with Gasteiger partial charge in [-0.3, -0.25) is 4.68 Å². The molecule has 1 aromatic rings. The lowest BCUT2D eigenvalue weighted by Gasteiger charge is -2.19. The first-order valence-corrected chi connectivity index (χ1v) is 6.07. The second-order valence-corrected chi connectivity index (χ2v) is 5.35. The van der Waals surface area contributed by atoms with Crippen LogP contribution < -0.4 is 0 Å². The Morgan fingerprint density at radius 3 is 2.47 bits per heavy atom. The van der Waals surface area contributed by atoms with Crippen LogP contribution >= 0.6 is 15.9 Å². The molecule has 0 spiro atoms. The molecule has 3 nitrogen and oxygen atoms in total. The van der Waals surface area contributed by atoms with Crippen molar-refractivity contribution in [2.75, 3.05) is 13.6 Å². The summed E-state index contributed by atoms with van der Waals surface area (Å²) in [6.07, 6.45) is 0. The van der Waals surface area contributed by atoms with Gasteiger partial charge in [0, 0.05) is 20.1 Å². The monoisotopic (exact) mass is 273 g/mol. The van der Waals surface area contributed by atoms with E-state index in [1.807, 2.05) is 18.7 Å². The molecule has 0 saturated carbocycles. The molecule has 0 atom stereocenters. The second kappa shape index (κ2) is 5.12. The Balaban J connectivity index is 2.71. The van der Waals surface area contributed by atoms with Gasteiger partial charge < -0.3 is 4.90 Å². The first-order chi connectivity index (χ1) is 6.91. The van der Waals surface area contributed by atoms with Crippen molar-refractivity contribution in [2.24, 2.45) is 13.0 Å². The van der Waals surface area contributed by atoms with Crippen molar-refractivity contribution in [1.82, 2.24) is 14.7 Å². The van der Waals surface area contributed by atoms with E-state index in [4.69, 9.17) is 0 Å². The van der Waals surface area contributed by atoms with E-state index in [-0.39, 0.29) is 0 Å². The van der Waals surface area contributed by atoms with Crippen LogP contribution in [0.25, 0.3) is 0 Å². The lowest BCUT2D eigenvalue weighted by Crippen LogP contribution is -2.24. The van der Waals surface area contributed by atoms with E-state index in [9.17, 15) is 0 Å². The Labute approximate surface area is 101 Å². The topological polar surface area (TPSA) is 21.1 Å². The van der Waals surface area contributed by atoms with Crippen LogP contribution in [0.3, 0.4) is 0 Å². The molecule has 0 aromatic carbocycles. The van der Waals surface area contributed by atoms with Crippen LogP contribution in [-0.2, 0) is 13.6 Å². The normalized spacial score (nSPS) is 11.7. The summed E-state index contributed by atoms with van der Waals surface area (Å²) in [5.74, 6) is 0.697. The van der Waals surface area contributed by atoms with Crippen molar-refractivity contribution in [3.05, 3.63) is 15.9 Å². The number of nitrogens with zero attached hydrogens (tertiary/aromatic N) is 3. The van der Waals surface area contributed by atoms with Gasteiger partial charge in [0.05, 0.1) is 15.9 Å². The minimum atomic E-state index is 0.697. The molecular formula is C11H20BrN3. The zero-order valence-corrected chi connectivity index (χ0v) is 11.8. The predicted molar refractivity (Wildman–Crippen MR) is 66.8 cm³/mol. The van der Waals surface area contributed by atoms with Crippen molar-refractivity contribution in [1.29, 1.82) is 0 Å². The highest BCUT2D eigenvalue weighted by Gasteiger charge is 2.12. The first kappa shape index (κ1) is 12.7. The summed E-state index contributed by atoms with van der Waals surface area (Å²) in [6.45, 7) is 8.54. The fourth-order valence-corrected chi connectivity index (χ4v) is 2.26. The van der Waals surface area contributed by atoms with Crippen molar-refractivity contribution < 1.29 is 0 Å². The third-order valence-electron chi connectivity index (χ3n) is 2.36. The molecule has 4 heteroatoms. The fourth-order valence-electron chi connectivity index (χ4n) is 1.80. The lowest BCUT2D eigenvalue weighted by molar-refractivity contribution is 0.280. The molecular weight excluding hydrogens is 254 g/mol. The number of hydrogen-bond donors (Lipinski definition) is 0. The quantitative estimate of drug-likeness (QED) is 0.841. The molecule has 1 rings (SSSR count). The first-order valence-electron chi connectivity index (χ1n) is 5.28. The molecule has 1 heterocycles. The highest BCUT2D eigenvalue weighted by molar-refractivity contribution is 9.10. The maximum atomic E-state index is 4.39. The SMILES string of the molecule is Cc1nn(C)c(CN(C)CC(C)C)c1Br. The van der Waals surface area contributed by atoms with Crippen LogP contribution in [0.5, 0.6) is 0 Å². The third kappa shape index (κ3) is 3.31. The smallest absolute Gasteiger partial charge is 0.0739 e. The van der Waals surface area contributed by atoms with Crippen LogP contribution in [0, 0.1) is 12.8 Å². The number of hydrogen-bond acceptors (Lipinski definition) is 2. The Kier molecular flexibility index (Phi) is 4.34. The van der Waals surface area contributed by atoms with E-state index >= 15 is 0 Å². The maximum Gasteiger partial charge on any atom is 0.0739 e. The summed E-state index contributed by atoms with van der Waals surface area (Å²) in [6, 6.07) is 0. The molecule has 15 heavy (non-hydrogen) atoms. The zero-order valence-electron chi connectivity index (χ0n) is 10.2. The van der Waals surface area contributed by atoms with Crippen molar-refractivity contribution >= 4 is 15.9 Å². The Hall–Kier alpha value is -0.350. The zero-order chi connectivity index (χ0) is 11.6. The summed E-state index contributed by atoms with van der Waals surface area (Å²) < 4.78 is 3.09. The van der Waals surface area contributed by atoms with Crippen LogP contribution in [0.2, 0.25) is 0 Å². The summed E-state index contributed by atoms with van der Waals surface area (Å²) in [5, 5.41) is 4.39. The van der Waals surface area contributed by atoms with Crippen molar-refractivity contribution in [3.8, 4) is 0 Å². The van der Waals surface area contributed by atoms with Crippen LogP contribution in [0.4, 0.5) is 0 Å². The third-order valence-corrected chi connectivity index (χ3v) is 3.39. The van der Waals surface area contributed by atoms with Crippen LogP contribution in [0.15, 0.2) is 4.47 Å². The van der Waals surface area contributed by atoms with Gasteiger partial charge in [-0.1, -0.05) is 13.8 Å². The summed E-state index contributed by atoms with van der Waals surface area (Å²) >= 11 is 3.59. The minimum Gasteiger partial charge on any atom is -0.300 e. The molecule has 0 aliphatic heterocycles. The van der Waals surface area contributed by atoms with Crippen molar-refractivity contribution in [2.45, 2.75) is 27.3 Å². The largest absolute Gasteiger partial charge is 0.300 e. The molecule has 0 amide bonds. The van der Waals surface area contributed by atoms with E-state index in [1.54, 1.807) is 0 Å². The second-order valence-electron chi connectivity index (χ2n) is 4.56. The molecule has 0 radical (unpaired) electrons. The molecule has 0 N–H and O–H groups in total. The van der Waals surface area contributed by atoms with Gasteiger partial charge in [0.2, 0.25) is 0 Å². The van der Waals surface area contributed by atoms with E-state index < -0.39 is 0 Å². The Morgan fingerprint density at radius 1 is 1.47 bits per heavy atom. The molecule has 1 aromatic heterocycles. The molecule has 0 fully saturated rings. The van der Waals surface area contributed by atoms with Gasteiger partial charge in [-0.05, 0) is 35.8 Å². The minimum absolute atomic E-state index is 0.697. The number of rotatable bonds is 4. The van der Waals surface area contributed by atoms with Gasteiger partial charge in [0.1, 0.15) is 0 Å². The number of aromatic nitrogens is 2. The molecule has 86 valence electrons. The fraction of sp³-hybridized carbons (Fsp3) is 0.727. The predicted octanol–water partition coefficient (Wildman–Crippen LogP) is 2.58. The average molecular weight is 274 g/mol. The Bertz CT molecular complexity index is 331. The molecule has 0 saturated heterocycles. The number of halogens is 1. The molecule has 0 aliphatic carbocycles. The van der Waals surface area contributed by atoms with Crippen molar-refractivity contribution in [3.63, 3.8) is 0 Å². The summed E-state index contributed by atoms with van der Waals surface area (Å²) in [4.78, 5) is 2.33. The van der Waals surface area contributed by atoms with Gasteiger partial charge in [-0.15, -0.1) is 0 Å². The van der Waals surface area contributed by atoms with E-state index in [1.165, 1.54) is 5.69 Å². The summed E-state index contributed by atoms with van der Waals surface area (Å²) in [5.41, 5.74) is 2.31. The highest BCUT2D eigenvalue weighted by atomic mass is 79.9. The van der Waals surface area contributed by atoms with Gasteiger partial charge in [0.15, 0.2) is 0 Å².